The van der Waals surface area contributed by atoms with Gasteiger partial charge in [0.05, 0.1) is 35.8 Å². The largest absolute Gasteiger partial charge is 0.498 e. The number of rotatable bonds is 3. The number of carbonyl (C=O) groups is 1. The Labute approximate surface area is 199 Å². The Morgan fingerprint density at radius 2 is 1.76 bits per heavy atom. The number of quaternary nitrogens is 1. The molecule has 0 bridgehead atoms. The Morgan fingerprint density at radius 3 is 2.39 bits per heavy atom. The van der Waals surface area contributed by atoms with Crippen LogP contribution in [-0.2, 0) is 6.42 Å². The van der Waals surface area contributed by atoms with Gasteiger partial charge in [-0.3, -0.25) is 9.28 Å². The van der Waals surface area contributed by atoms with Crippen LogP contribution < -0.4 is 10.7 Å². The standard InChI is InChI=1S/C26H30ClN3O3/c1-26(2,3)30(25(32)33)15-6-7-20(14-16-30)29-24(31)22-9-5-4-8-21(22)23(28-29)17-18-10-12-19(27)13-11-18/h4-5,8-13,20H,6-7,14-17H2,1-3H3. The highest BCUT2D eigenvalue weighted by atomic mass is 35.5. The molecule has 3 aromatic rings. The average molecular weight is 468 g/mol. The number of carboxylic acid groups (broad SMARTS) is 1. The van der Waals surface area contributed by atoms with Gasteiger partial charge in [0.2, 0.25) is 0 Å². The van der Waals surface area contributed by atoms with E-state index in [4.69, 9.17) is 16.7 Å². The van der Waals surface area contributed by atoms with Gasteiger partial charge in [0, 0.05) is 23.3 Å². The van der Waals surface area contributed by atoms with Gasteiger partial charge in [0.15, 0.2) is 0 Å². The number of fused-ring (bicyclic) bond motifs is 1. The molecule has 4 rings (SSSR count). The molecule has 2 aromatic carbocycles. The molecule has 1 aliphatic rings. The highest BCUT2D eigenvalue weighted by Gasteiger charge is 2.44. The van der Waals surface area contributed by atoms with Gasteiger partial charge in [0.25, 0.3) is 11.7 Å². The van der Waals surface area contributed by atoms with Crippen LogP contribution in [0.3, 0.4) is 0 Å². The Morgan fingerprint density at radius 1 is 1.09 bits per heavy atom. The van der Waals surface area contributed by atoms with E-state index < -0.39 is 11.6 Å². The van der Waals surface area contributed by atoms with Crippen LogP contribution in [0.2, 0.25) is 5.02 Å². The van der Waals surface area contributed by atoms with Crippen molar-refractivity contribution in [2.24, 2.45) is 0 Å². The second-order valence-corrected chi connectivity index (χ2v) is 10.4. The van der Waals surface area contributed by atoms with E-state index in [9.17, 15) is 14.7 Å². The molecule has 2 unspecified atom stereocenters. The maximum Gasteiger partial charge on any atom is 0.274 e. The van der Waals surface area contributed by atoms with Crippen molar-refractivity contribution < 1.29 is 14.4 Å². The molecule has 0 N–H and O–H groups in total. The maximum absolute atomic E-state index is 13.4. The lowest BCUT2D eigenvalue weighted by molar-refractivity contribution is -0.919. The first-order valence-corrected chi connectivity index (χ1v) is 11.8. The SMILES string of the molecule is CC(C)(C)[N+]1(C(=O)[O-])CCCC(n2nc(Cc3ccc(Cl)cc3)c3ccccc3c2=O)CC1. The minimum Gasteiger partial charge on any atom is -0.498 e. The lowest BCUT2D eigenvalue weighted by Crippen LogP contribution is -2.68. The molecule has 1 aliphatic heterocycles. The predicted molar refractivity (Wildman–Crippen MR) is 128 cm³/mol. The van der Waals surface area contributed by atoms with Crippen molar-refractivity contribution in [2.45, 2.75) is 58.0 Å². The van der Waals surface area contributed by atoms with E-state index in [0.717, 1.165) is 16.6 Å². The smallest absolute Gasteiger partial charge is 0.274 e. The van der Waals surface area contributed by atoms with Gasteiger partial charge in [-0.2, -0.15) is 5.10 Å². The lowest BCUT2D eigenvalue weighted by atomic mass is 10.0. The molecular weight excluding hydrogens is 438 g/mol. The van der Waals surface area contributed by atoms with Crippen molar-refractivity contribution in [1.29, 1.82) is 0 Å². The molecule has 2 atom stereocenters. The van der Waals surface area contributed by atoms with Gasteiger partial charge in [-0.25, -0.2) is 4.68 Å². The van der Waals surface area contributed by atoms with Gasteiger partial charge >= 0.3 is 0 Å². The third-order valence-corrected chi connectivity index (χ3v) is 7.34. The van der Waals surface area contributed by atoms with E-state index in [1.54, 1.807) is 4.68 Å². The van der Waals surface area contributed by atoms with E-state index in [1.165, 1.54) is 0 Å². The van der Waals surface area contributed by atoms with Crippen LogP contribution in [0.15, 0.2) is 53.3 Å². The fourth-order valence-electron chi connectivity index (χ4n) is 5.04. The number of amides is 1. The number of nitrogens with zero attached hydrogens (tertiary/aromatic N) is 3. The Bertz CT molecular complexity index is 1230. The molecule has 1 amide bonds. The number of benzene rings is 2. The predicted octanol–water partition coefficient (Wildman–Crippen LogP) is 4.32. The molecule has 7 heteroatoms. The minimum absolute atomic E-state index is 0.108. The van der Waals surface area contributed by atoms with E-state index >= 15 is 0 Å². The van der Waals surface area contributed by atoms with Crippen LogP contribution in [0, 0.1) is 0 Å². The second kappa shape index (κ2) is 8.92. The van der Waals surface area contributed by atoms with Crippen molar-refractivity contribution in [2.75, 3.05) is 13.1 Å². The summed E-state index contributed by atoms with van der Waals surface area (Å²) in [6.45, 7) is 6.71. The zero-order valence-electron chi connectivity index (χ0n) is 19.4. The highest BCUT2D eigenvalue weighted by molar-refractivity contribution is 6.30. The number of likely N-dealkylation sites (tertiary alicyclic amines) is 1. The minimum atomic E-state index is -1.05. The fourth-order valence-corrected chi connectivity index (χ4v) is 5.17. The molecule has 0 aliphatic carbocycles. The third kappa shape index (κ3) is 4.42. The summed E-state index contributed by atoms with van der Waals surface area (Å²) in [6, 6.07) is 15.0. The van der Waals surface area contributed by atoms with Gasteiger partial charge < -0.3 is 9.90 Å². The quantitative estimate of drug-likeness (QED) is 0.537. The first-order valence-electron chi connectivity index (χ1n) is 11.5. The molecule has 1 aromatic heterocycles. The maximum atomic E-state index is 13.4. The second-order valence-electron chi connectivity index (χ2n) is 9.98. The van der Waals surface area contributed by atoms with Gasteiger partial charge in [0.1, 0.15) is 0 Å². The summed E-state index contributed by atoms with van der Waals surface area (Å²) in [5, 5.41) is 19.2. The lowest BCUT2D eigenvalue weighted by Gasteiger charge is -2.47. The van der Waals surface area contributed by atoms with Crippen molar-refractivity contribution in [3.63, 3.8) is 0 Å². The number of hydrogen-bond donors (Lipinski definition) is 0. The zero-order chi connectivity index (χ0) is 23.8. The van der Waals surface area contributed by atoms with Crippen molar-refractivity contribution in [3.8, 4) is 0 Å². The zero-order valence-corrected chi connectivity index (χ0v) is 20.1. The Hall–Kier alpha value is -2.70. The van der Waals surface area contributed by atoms with Gasteiger partial charge in [-0.15, -0.1) is 0 Å². The van der Waals surface area contributed by atoms with Crippen LogP contribution >= 0.6 is 11.6 Å². The Balaban J connectivity index is 1.75. The fraction of sp³-hybridized carbons (Fsp3) is 0.423. The molecule has 0 spiro atoms. The molecule has 174 valence electrons. The number of carbonyl (C=O) groups excluding carboxylic acids is 1. The van der Waals surface area contributed by atoms with Crippen LogP contribution in [-0.4, -0.2) is 39.0 Å². The number of hydrogen-bond acceptors (Lipinski definition) is 4. The molecular formula is C26H30ClN3O3. The molecule has 2 heterocycles. The highest BCUT2D eigenvalue weighted by Crippen LogP contribution is 2.33. The summed E-state index contributed by atoms with van der Waals surface area (Å²) in [7, 11) is 0. The van der Waals surface area contributed by atoms with Crippen molar-refractivity contribution in [3.05, 3.63) is 75.2 Å². The Kier molecular flexibility index (Phi) is 6.34. The summed E-state index contributed by atoms with van der Waals surface area (Å²) < 4.78 is 1.50. The normalized spacial score (nSPS) is 21.6. The van der Waals surface area contributed by atoms with E-state index in [0.29, 0.717) is 49.2 Å². The molecule has 6 nitrogen and oxygen atoms in total. The molecule has 0 radical (unpaired) electrons. The summed E-state index contributed by atoms with van der Waals surface area (Å²) >= 11 is 6.04. The van der Waals surface area contributed by atoms with Gasteiger partial charge in [-0.05, 0) is 57.4 Å². The molecule has 1 saturated heterocycles. The van der Waals surface area contributed by atoms with Crippen molar-refractivity contribution >= 4 is 28.5 Å². The van der Waals surface area contributed by atoms with E-state index in [2.05, 4.69) is 0 Å². The first kappa shape index (κ1) is 23.5. The summed E-state index contributed by atoms with van der Waals surface area (Å²) in [5.41, 5.74) is 1.27. The van der Waals surface area contributed by atoms with Crippen LogP contribution in [0.25, 0.3) is 10.8 Å². The first-order chi connectivity index (χ1) is 15.6. The summed E-state index contributed by atoms with van der Waals surface area (Å²) in [6.07, 6.45) is 1.46. The van der Waals surface area contributed by atoms with Gasteiger partial charge in [-0.1, -0.05) is 41.9 Å². The monoisotopic (exact) mass is 467 g/mol. The summed E-state index contributed by atoms with van der Waals surface area (Å²) in [5.74, 6) is 0. The molecule has 0 saturated carbocycles. The van der Waals surface area contributed by atoms with Crippen LogP contribution in [0.1, 0.15) is 57.3 Å². The van der Waals surface area contributed by atoms with Crippen LogP contribution in [0.4, 0.5) is 4.79 Å². The van der Waals surface area contributed by atoms with E-state index in [-0.39, 0.29) is 16.1 Å². The average Bonchev–Trinajstić information content (AvgIpc) is 3.01. The molecule has 1 fully saturated rings. The molecule has 33 heavy (non-hydrogen) atoms. The third-order valence-electron chi connectivity index (χ3n) is 7.09. The topological polar surface area (TPSA) is 75.0 Å². The van der Waals surface area contributed by atoms with E-state index in [1.807, 2.05) is 69.3 Å². The summed E-state index contributed by atoms with van der Waals surface area (Å²) in [4.78, 5) is 25.6. The number of halogens is 1. The number of aromatic nitrogens is 2. The van der Waals surface area contributed by atoms with Crippen molar-refractivity contribution in [1.82, 2.24) is 9.78 Å². The van der Waals surface area contributed by atoms with Crippen LogP contribution in [0.5, 0.6) is 0 Å².